The lowest BCUT2D eigenvalue weighted by Gasteiger charge is -2.15. The summed E-state index contributed by atoms with van der Waals surface area (Å²) in [6.07, 6.45) is 6.76. The average molecular weight is 400 g/mol. The van der Waals surface area contributed by atoms with Crippen LogP contribution in [0.15, 0.2) is 83.3 Å². The van der Waals surface area contributed by atoms with Crippen LogP contribution >= 0.6 is 15.9 Å². The van der Waals surface area contributed by atoms with Gasteiger partial charge in [0.1, 0.15) is 0 Å². The number of fused-ring (bicyclic) bond motifs is 3. The van der Waals surface area contributed by atoms with Crippen LogP contribution in [-0.4, -0.2) is 4.57 Å². The maximum absolute atomic E-state index is 3.69. The molecule has 0 fully saturated rings. The number of halogens is 1. The van der Waals surface area contributed by atoms with E-state index in [1.807, 2.05) is 0 Å². The third kappa shape index (κ3) is 2.45. The molecule has 4 aromatic rings. The fourth-order valence-corrected chi connectivity index (χ4v) is 4.49. The number of allylic oxidation sites excluding steroid dienone is 1. The lowest BCUT2D eigenvalue weighted by Crippen LogP contribution is -2.03. The van der Waals surface area contributed by atoms with E-state index >= 15 is 0 Å². The van der Waals surface area contributed by atoms with E-state index in [0.717, 1.165) is 17.3 Å². The van der Waals surface area contributed by atoms with Crippen molar-refractivity contribution in [3.05, 3.63) is 94.6 Å². The number of para-hydroxylation sites is 1. The first-order chi connectivity index (χ1) is 12.8. The van der Waals surface area contributed by atoms with E-state index in [2.05, 4.69) is 105 Å². The van der Waals surface area contributed by atoms with Crippen LogP contribution in [0.25, 0.3) is 33.8 Å². The monoisotopic (exact) mass is 399 g/mol. The molecule has 1 nitrogen and oxygen atoms in total. The number of rotatable bonds is 2. The Balaban J connectivity index is 1.76. The molecule has 1 aromatic heterocycles. The zero-order chi connectivity index (χ0) is 17.5. The maximum atomic E-state index is 3.69. The van der Waals surface area contributed by atoms with Gasteiger partial charge in [-0.2, -0.15) is 0 Å². The van der Waals surface area contributed by atoms with Gasteiger partial charge < -0.3 is 4.57 Å². The number of benzene rings is 3. The minimum atomic E-state index is 1.08. The van der Waals surface area contributed by atoms with Gasteiger partial charge in [-0.25, -0.2) is 0 Å². The Labute approximate surface area is 161 Å². The number of hydrogen-bond acceptors (Lipinski definition) is 0. The van der Waals surface area contributed by atoms with E-state index in [1.54, 1.807) is 0 Å². The topological polar surface area (TPSA) is 4.93 Å². The van der Waals surface area contributed by atoms with Crippen molar-refractivity contribution in [2.24, 2.45) is 0 Å². The van der Waals surface area contributed by atoms with Crippen LogP contribution in [0.2, 0.25) is 0 Å². The molecule has 0 bridgehead atoms. The molecule has 0 N–H and O–H groups in total. The fraction of sp³-hybridized carbons (Fsp3) is 0.0833. The normalized spacial score (nSPS) is 13.1. The first-order valence-electron chi connectivity index (χ1n) is 8.97. The van der Waals surface area contributed by atoms with E-state index in [0.29, 0.717) is 0 Å². The summed E-state index contributed by atoms with van der Waals surface area (Å²) in [6.45, 7) is 0. The van der Waals surface area contributed by atoms with Crippen LogP contribution in [0.3, 0.4) is 0 Å². The van der Waals surface area contributed by atoms with Crippen LogP contribution in [0.5, 0.6) is 0 Å². The summed E-state index contributed by atoms with van der Waals surface area (Å²) in [5.41, 5.74) is 7.75. The van der Waals surface area contributed by atoms with Gasteiger partial charge in [-0.3, -0.25) is 0 Å². The van der Waals surface area contributed by atoms with Crippen molar-refractivity contribution in [1.29, 1.82) is 0 Å². The van der Waals surface area contributed by atoms with E-state index in [1.165, 1.54) is 39.0 Å². The number of hydrogen-bond donors (Lipinski definition) is 0. The zero-order valence-corrected chi connectivity index (χ0v) is 15.9. The fourth-order valence-electron chi connectivity index (χ4n) is 3.97. The molecule has 0 aliphatic heterocycles. The highest BCUT2D eigenvalue weighted by molar-refractivity contribution is 9.10. The molecule has 126 valence electrons. The molecule has 0 amide bonds. The van der Waals surface area contributed by atoms with Gasteiger partial charge in [-0.1, -0.05) is 76.6 Å². The third-order valence-corrected chi connectivity index (χ3v) is 5.83. The molecular formula is C24H18BrN. The van der Waals surface area contributed by atoms with E-state index < -0.39 is 0 Å². The highest BCUT2D eigenvalue weighted by Crippen LogP contribution is 2.35. The van der Waals surface area contributed by atoms with Crippen LogP contribution in [-0.2, 0) is 6.42 Å². The van der Waals surface area contributed by atoms with Crippen molar-refractivity contribution in [2.75, 3.05) is 0 Å². The van der Waals surface area contributed by atoms with Crippen molar-refractivity contribution in [1.82, 2.24) is 4.57 Å². The molecule has 2 heteroatoms. The molecule has 3 aromatic carbocycles. The molecule has 1 aliphatic carbocycles. The summed E-state index contributed by atoms with van der Waals surface area (Å²) in [7, 11) is 0. The first-order valence-corrected chi connectivity index (χ1v) is 9.76. The van der Waals surface area contributed by atoms with Crippen molar-refractivity contribution in [3.8, 4) is 16.8 Å². The molecular weight excluding hydrogens is 382 g/mol. The van der Waals surface area contributed by atoms with Gasteiger partial charge in [0, 0.05) is 26.8 Å². The predicted molar refractivity (Wildman–Crippen MR) is 114 cm³/mol. The van der Waals surface area contributed by atoms with Gasteiger partial charge in [0.2, 0.25) is 0 Å². The first kappa shape index (κ1) is 15.7. The molecule has 1 heterocycles. The number of nitrogens with zero attached hydrogens (tertiary/aromatic N) is 1. The Kier molecular flexibility index (Phi) is 3.79. The Morgan fingerprint density at radius 1 is 0.846 bits per heavy atom. The van der Waals surface area contributed by atoms with Gasteiger partial charge in [-0.05, 0) is 48.2 Å². The van der Waals surface area contributed by atoms with Crippen LogP contribution < -0.4 is 0 Å². The Bertz CT molecular complexity index is 1150. The lowest BCUT2D eigenvalue weighted by atomic mass is 10.0. The summed E-state index contributed by atoms with van der Waals surface area (Å²) in [5.74, 6) is 0. The van der Waals surface area contributed by atoms with Gasteiger partial charge in [0.15, 0.2) is 0 Å². The minimum absolute atomic E-state index is 1.08. The van der Waals surface area contributed by atoms with Gasteiger partial charge in [0.05, 0.1) is 5.52 Å². The molecule has 26 heavy (non-hydrogen) atoms. The lowest BCUT2D eigenvalue weighted by molar-refractivity contribution is 0.889. The Morgan fingerprint density at radius 3 is 2.62 bits per heavy atom. The zero-order valence-electron chi connectivity index (χ0n) is 14.3. The molecule has 0 unspecified atom stereocenters. The molecule has 0 saturated heterocycles. The van der Waals surface area contributed by atoms with Crippen LogP contribution in [0.1, 0.15) is 17.7 Å². The number of aromatic nitrogens is 1. The van der Waals surface area contributed by atoms with Crippen LogP contribution in [0, 0.1) is 0 Å². The standard InChI is InChI=1S/C24H18BrN/c25-22-13-4-1-10-19(22)17-8-7-9-18(16-17)26-23-14-5-2-11-20(23)21-12-3-6-15-24(21)26/h1-5,7-14,16H,6,15H2. The Hall–Kier alpha value is -2.58. The molecule has 0 atom stereocenters. The van der Waals surface area contributed by atoms with E-state index in [-0.39, 0.29) is 0 Å². The van der Waals surface area contributed by atoms with Gasteiger partial charge in [0.25, 0.3) is 0 Å². The molecule has 5 rings (SSSR count). The molecule has 1 aliphatic rings. The maximum Gasteiger partial charge on any atom is 0.0537 e. The molecule has 0 saturated carbocycles. The second-order valence-corrected chi connectivity index (χ2v) is 7.54. The highest BCUT2D eigenvalue weighted by atomic mass is 79.9. The summed E-state index contributed by atoms with van der Waals surface area (Å²) in [4.78, 5) is 0. The SMILES string of the molecule is Brc1ccccc1-c1cccc(-n2c3c(c4ccccc42)C=CCC3)c1. The highest BCUT2D eigenvalue weighted by Gasteiger charge is 2.18. The van der Waals surface area contributed by atoms with Crippen molar-refractivity contribution in [3.63, 3.8) is 0 Å². The average Bonchev–Trinajstić information content (AvgIpc) is 3.03. The van der Waals surface area contributed by atoms with E-state index in [9.17, 15) is 0 Å². The summed E-state index contributed by atoms with van der Waals surface area (Å²) in [6, 6.07) is 26.0. The minimum Gasteiger partial charge on any atom is -0.313 e. The smallest absolute Gasteiger partial charge is 0.0537 e. The summed E-state index contributed by atoms with van der Waals surface area (Å²) >= 11 is 3.69. The largest absolute Gasteiger partial charge is 0.313 e. The van der Waals surface area contributed by atoms with Crippen molar-refractivity contribution >= 4 is 32.9 Å². The second kappa shape index (κ2) is 6.30. The summed E-state index contributed by atoms with van der Waals surface area (Å²) < 4.78 is 3.56. The second-order valence-electron chi connectivity index (χ2n) is 6.68. The van der Waals surface area contributed by atoms with Gasteiger partial charge >= 0.3 is 0 Å². The van der Waals surface area contributed by atoms with Crippen molar-refractivity contribution in [2.45, 2.75) is 12.8 Å². The van der Waals surface area contributed by atoms with Crippen LogP contribution in [0.4, 0.5) is 0 Å². The Morgan fingerprint density at radius 2 is 1.69 bits per heavy atom. The third-order valence-electron chi connectivity index (χ3n) is 5.14. The van der Waals surface area contributed by atoms with Crippen molar-refractivity contribution < 1.29 is 0 Å². The predicted octanol–water partition coefficient (Wildman–Crippen LogP) is 7.02. The van der Waals surface area contributed by atoms with Gasteiger partial charge in [-0.15, -0.1) is 0 Å². The van der Waals surface area contributed by atoms with E-state index in [4.69, 9.17) is 0 Å². The molecule has 0 radical (unpaired) electrons. The molecule has 0 spiro atoms. The summed E-state index contributed by atoms with van der Waals surface area (Å²) in [5, 5.41) is 1.34. The quantitative estimate of drug-likeness (QED) is 0.341.